The lowest BCUT2D eigenvalue weighted by Crippen LogP contribution is -2.40. The number of hydrogen-bond donors (Lipinski definition) is 0. The van der Waals surface area contributed by atoms with E-state index >= 15 is 0 Å². The van der Waals surface area contributed by atoms with Gasteiger partial charge in [0.25, 0.3) is 0 Å². The van der Waals surface area contributed by atoms with Crippen molar-refractivity contribution < 1.29 is 4.79 Å². The highest BCUT2D eigenvalue weighted by Gasteiger charge is 2.26. The third kappa shape index (κ3) is 3.06. The highest BCUT2D eigenvalue weighted by molar-refractivity contribution is 6.31. The van der Waals surface area contributed by atoms with Crippen LogP contribution in [-0.2, 0) is 18.4 Å². The van der Waals surface area contributed by atoms with Gasteiger partial charge in [0, 0.05) is 13.1 Å². The summed E-state index contributed by atoms with van der Waals surface area (Å²) in [5.74, 6) is -0.0215. The first-order valence-corrected chi connectivity index (χ1v) is 7.53. The SMILES string of the molecule is C=CC(=O)N(Cc1c(Cl)c(C)nn1C)C1CCCCC1. The third-order valence-corrected chi connectivity index (χ3v) is 4.55. The van der Waals surface area contributed by atoms with Crippen molar-refractivity contribution in [3.05, 3.63) is 29.1 Å². The van der Waals surface area contributed by atoms with Crippen LogP contribution in [0, 0.1) is 6.92 Å². The first-order chi connectivity index (χ1) is 9.54. The van der Waals surface area contributed by atoms with Crippen molar-refractivity contribution in [1.82, 2.24) is 14.7 Å². The van der Waals surface area contributed by atoms with Crippen molar-refractivity contribution >= 4 is 17.5 Å². The fraction of sp³-hybridized carbons (Fsp3) is 0.600. The molecule has 0 saturated heterocycles. The maximum Gasteiger partial charge on any atom is 0.246 e. The molecule has 0 radical (unpaired) electrons. The van der Waals surface area contributed by atoms with Crippen molar-refractivity contribution in [2.24, 2.45) is 7.05 Å². The Bertz CT molecular complexity index is 503. The lowest BCUT2D eigenvalue weighted by atomic mass is 9.94. The smallest absolute Gasteiger partial charge is 0.246 e. The predicted molar refractivity (Wildman–Crippen MR) is 80.6 cm³/mol. The van der Waals surface area contributed by atoms with E-state index in [1.807, 2.05) is 18.9 Å². The maximum absolute atomic E-state index is 12.2. The average Bonchev–Trinajstić information content (AvgIpc) is 2.70. The lowest BCUT2D eigenvalue weighted by molar-refractivity contribution is -0.129. The summed E-state index contributed by atoms with van der Waals surface area (Å²) in [6.07, 6.45) is 7.15. The molecular weight excluding hydrogens is 274 g/mol. The van der Waals surface area contributed by atoms with Crippen LogP contribution in [0.3, 0.4) is 0 Å². The van der Waals surface area contributed by atoms with Crippen molar-refractivity contribution in [2.45, 2.75) is 51.6 Å². The van der Waals surface area contributed by atoms with Crippen molar-refractivity contribution in [3.8, 4) is 0 Å². The minimum atomic E-state index is -0.0215. The average molecular weight is 296 g/mol. The second-order valence-electron chi connectivity index (χ2n) is 5.43. The topological polar surface area (TPSA) is 38.1 Å². The van der Waals surface area contributed by atoms with Gasteiger partial charge in [-0.3, -0.25) is 9.48 Å². The van der Waals surface area contributed by atoms with E-state index in [-0.39, 0.29) is 5.91 Å². The van der Waals surface area contributed by atoms with Crippen molar-refractivity contribution in [1.29, 1.82) is 0 Å². The largest absolute Gasteiger partial charge is 0.330 e. The van der Waals surface area contributed by atoms with Crippen LogP contribution in [0.4, 0.5) is 0 Å². The number of carbonyl (C=O) groups is 1. The lowest BCUT2D eigenvalue weighted by Gasteiger charge is -2.33. The molecule has 1 aromatic rings. The van der Waals surface area contributed by atoms with Gasteiger partial charge in [0.15, 0.2) is 0 Å². The van der Waals surface area contributed by atoms with Crippen LogP contribution in [0.2, 0.25) is 5.02 Å². The summed E-state index contributed by atoms with van der Waals surface area (Å²) < 4.78 is 1.77. The van der Waals surface area contributed by atoms with E-state index < -0.39 is 0 Å². The van der Waals surface area contributed by atoms with Gasteiger partial charge in [-0.05, 0) is 25.8 Å². The van der Waals surface area contributed by atoms with Gasteiger partial charge in [-0.2, -0.15) is 5.10 Å². The Morgan fingerprint density at radius 2 is 2.15 bits per heavy atom. The molecule has 1 heterocycles. The van der Waals surface area contributed by atoms with Gasteiger partial charge in [0.1, 0.15) is 0 Å². The molecule has 1 saturated carbocycles. The molecule has 1 amide bonds. The summed E-state index contributed by atoms with van der Waals surface area (Å²) in [6.45, 7) is 6.01. The molecule has 1 fully saturated rings. The van der Waals surface area contributed by atoms with Gasteiger partial charge >= 0.3 is 0 Å². The quantitative estimate of drug-likeness (QED) is 0.800. The first kappa shape index (κ1) is 15.1. The number of nitrogens with zero attached hydrogens (tertiary/aromatic N) is 3. The molecule has 0 aromatic carbocycles. The van der Waals surface area contributed by atoms with Crippen LogP contribution in [0.1, 0.15) is 43.5 Å². The van der Waals surface area contributed by atoms with Crippen molar-refractivity contribution in [3.63, 3.8) is 0 Å². The fourth-order valence-corrected chi connectivity index (χ4v) is 3.13. The van der Waals surface area contributed by atoms with E-state index in [4.69, 9.17) is 11.6 Å². The molecule has 0 atom stereocenters. The molecule has 0 spiro atoms. The van der Waals surface area contributed by atoms with E-state index in [0.29, 0.717) is 17.6 Å². The molecule has 20 heavy (non-hydrogen) atoms. The molecule has 1 aromatic heterocycles. The molecule has 1 aliphatic carbocycles. The molecule has 4 nitrogen and oxygen atoms in total. The third-order valence-electron chi connectivity index (χ3n) is 4.05. The second-order valence-corrected chi connectivity index (χ2v) is 5.81. The number of hydrogen-bond acceptors (Lipinski definition) is 2. The Kier molecular flexibility index (Phi) is 4.86. The summed E-state index contributed by atoms with van der Waals surface area (Å²) >= 11 is 6.30. The van der Waals surface area contributed by atoms with Crippen LogP contribution < -0.4 is 0 Å². The van der Waals surface area contributed by atoms with E-state index in [9.17, 15) is 4.79 Å². The monoisotopic (exact) mass is 295 g/mol. The van der Waals surface area contributed by atoms with Gasteiger partial charge in [-0.1, -0.05) is 37.4 Å². The van der Waals surface area contributed by atoms with Gasteiger partial charge < -0.3 is 4.90 Å². The number of amides is 1. The van der Waals surface area contributed by atoms with E-state index in [1.165, 1.54) is 25.3 Å². The summed E-state index contributed by atoms with van der Waals surface area (Å²) in [6, 6.07) is 0.292. The minimum Gasteiger partial charge on any atom is -0.330 e. The molecule has 0 bridgehead atoms. The second kappa shape index (κ2) is 6.44. The summed E-state index contributed by atoms with van der Waals surface area (Å²) in [5.41, 5.74) is 1.70. The van der Waals surface area contributed by atoms with Gasteiger partial charge in [0.2, 0.25) is 5.91 Å². The zero-order chi connectivity index (χ0) is 14.7. The summed E-state index contributed by atoms with van der Waals surface area (Å²) in [7, 11) is 1.87. The predicted octanol–water partition coefficient (Wildman–Crippen LogP) is 3.23. The number of carbonyl (C=O) groups excluding carboxylic acids is 1. The van der Waals surface area contributed by atoms with Crippen LogP contribution in [-0.4, -0.2) is 26.6 Å². The number of aromatic nitrogens is 2. The van der Waals surface area contributed by atoms with E-state index in [0.717, 1.165) is 24.2 Å². The molecule has 2 rings (SSSR count). The molecule has 110 valence electrons. The summed E-state index contributed by atoms with van der Waals surface area (Å²) in [5, 5.41) is 4.97. The van der Waals surface area contributed by atoms with Crippen molar-refractivity contribution in [2.75, 3.05) is 0 Å². The van der Waals surface area contributed by atoms with E-state index in [2.05, 4.69) is 11.7 Å². The normalized spacial score (nSPS) is 16.1. The molecular formula is C15H22ClN3O. The molecule has 0 unspecified atom stereocenters. The highest BCUT2D eigenvalue weighted by atomic mass is 35.5. The van der Waals surface area contributed by atoms with Gasteiger partial charge in [-0.15, -0.1) is 0 Å². The Morgan fingerprint density at radius 3 is 2.65 bits per heavy atom. The number of halogens is 1. The number of aryl methyl sites for hydroxylation is 2. The molecule has 1 aliphatic rings. The Hall–Kier alpha value is -1.29. The first-order valence-electron chi connectivity index (χ1n) is 7.15. The summed E-state index contributed by atoms with van der Waals surface area (Å²) in [4.78, 5) is 14.1. The number of rotatable bonds is 4. The van der Waals surface area contributed by atoms with Gasteiger partial charge in [0.05, 0.1) is 23.0 Å². The van der Waals surface area contributed by atoms with Crippen LogP contribution in [0.5, 0.6) is 0 Å². The molecule has 5 heteroatoms. The standard InChI is InChI=1S/C15H22ClN3O/c1-4-14(20)19(12-8-6-5-7-9-12)10-13-15(16)11(2)17-18(13)3/h4,12H,1,5-10H2,2-3H3. The molecule has 0 N–H and O–H groups in total. The Labute approximate surface area is 125 Å². The minimum absolute atomic E-state index is 0.0215. The van der Waals surface area contributed by atoms with Gasteiger partial charge in [-0.25, -0.2) is 0 Å². The zero-order valence-electron chi connectivity index (χ0n) is 12.2. The zero-order valence-corrected chi connectivity index (χ0v) is 13.0. The Balaban J connectivity index is 2.23. The molecule has 0 aliphatic heterocycles. The fourth-order valence-electron chi connectivity index (χ4n) is 2.91. The van der Waals surface area contributed by atoms with Crippen LogP contribution >= 0.6 is 11.6 Å². The van der Waals surface area contributed by atoms with Crippen LogP contribution in [0.25, 0.3) is 0 Å². The Morgan fingerprint density at radius 1 is 1.50 bits per heavy atom. The van der Waals surface area contributed by atoms with E-state index in [1.54, 1.807) is 4.68 Å². The van der Waals surface area contributed by atoms with Crippen LogP contribution in [0.15, 0.2) is 12.7 Å². The highest BCUT2D eigenvalue weighted by Crippen LogP contribution is 2.27. The maximum atomic E-state index is 12.2.